The lowest BCUT2D eigenvalue weighted by Crippen LogP contribution is -2.22. The summed E-state index contributed by atoms with van der Waals surface area (Å²) in [7, 11) is 0. The Labute approximate surface area is 148 Å². The van der Waals surface area contributed by atoms with Crippen molar-refractivity contribution in [3.63, 3.8) is 0 Å². The maximum atomic E-state index is 12.1. The number of hydrogen-bond donors (Lipinski definition) is 3. The first-order valence-electron chi connectivity index (χ1n) is 7.67. The van der Waals surface area contributed by atoms with Crippen molar-refractivity contribution < 1.29 is 24.4 Å². The van der Waals surface area contributed by atoms with Crippen LogP contribution in [0.3, 0.4) is 0 Å². The Morgan fingerprint density at radius 2 is 1.73 bits per heavy atom. The van der Waals surface area contributed by atoms with Gasteiger partial charge < -0.3 is 20.5 Å². The number of nitro benzene ring substituents is 1. The van der Waals surface area contributed by atoms with Crippen molar-refractivity contribution in [2.45, 2.75) is 0 Å². The van der Waals surface area contributed by atoms with Crippen molar-refractivity contribution in [1.29, 1.82) is 0 Å². The van der Waals surface area contributed by atoms with Gasteiger partial charge in [0.1, 0.15) is 5.69 Å². The summed E-state index contributed by atoms with van der Waals surface area (Å²) in [6, 6.07) is 12.1. The molecule has 0 heterocycles. The second kappa shape index (κ2) is 9.14. The van der Waals surface area contributed by atoms with Crippen molar-refractivity contribution in [3.8, 4) is 0 Å². The molecule has 0 fully saturated rings. The fraction of sp³-hybridized carbons (Fsp3) is 0.176. The average Bonchev–Trinajstić information content (AvgIpc) is 2.65. The number of nitrogens with one attached hydrogen (secondary N) is 2. The van der Waals surface area contributed by atoms with E-state index in [1.54, 1.807) is 18.2 Å². The van der Waals surface area contributed by atoms with Crippen LogP contribution in [-0.4, -0.2) is 41.7 Å². The molecule has 26 heavy (non-hydrogen) atoms. The second-order valence-corrected chi connectivity index (χ2v) is 5.09. The van der Waals surface area contributed by atoms with Crippen molar-refractivity contribution in [3.05, 3.63) is 64.2 Å². The standard InChI is InChI=1S/C17H17N3O6/c21-10-9-18-13-6-2-1-5-12(13)17(23)26-11-16(22)19-14-7-3-4-8-15(14)20(24)25/h1-8,18,21H,9-11H2,(H,19,22). The number of aliphatic hydroxyl groups is 1. The Balaban J connectivity index is 1.98. The number of esters is 1. The highest BCUT2D eigenvalue weighted by atomic mass is 16.6. The third-order valence-corrected chi connectivity index (χ3v) is 3.28. The van der Waals surface area contributed by atoms with Gasteiger partial charge in [0.2, 0.25) is 0 Å². The molecule has 0 aliphatic carbocycles. The smallest absolute Gasteiger partial charge is 0.340 e. The topological polar surface area (TPSA) is 131 Å². The van der Waals surface area contributed by atoms with Gasteiger partial charge in [-0.3, -0.25) is 14.9 Å². The zero-order valence-corrected chi connectivity index (χ0v) is 13.7. The summed E-state index contributed by atoms with van der Waals surface area (Å²) in [5.41, 5.74) is 0.430. The van der Waals surface area contributed by atoms with Gasteiger partial charge in [-0.2, -0.15) is 0 Å². The maximum Gasteiger partial charge on any atom is 0.340 e. The van der Waals surface area contributed by atoms with Gasteiger partial charge in [-0.1, -0.05) is 24.3 Å². The molecule has 0 aromatic heterocycles. The van der Waals surface area contributed by atoms with Crippen molar-refractivity contribution in [2.75, 3.05) is 30.4 Å². The number of hydrogen-bond acceptors (Lipinski definition) is 7. The van der Waals surface area contributed by atoms with Gasteiger partial charge >= 0.3 is 5.97 Å². The van der Waals surface area contributed by atoms with Gasteiger partial charge in [0.25, 0.3) is 11.6 Å². The molecule has 3 N–H and O–H groups in total. The molecule has 2 aromatic carbocycles. The number of ether oxygens (including phenoxy) is 1. The highest BCUT2D eigenvalue weighted by molar-refractivity contribution is 5.99. The molecule has 1 amide bonds. The average molecular weight is 359 g/mol. The summed E-state index contributed by atoms with van der Waals surface area (Å²) < 4.78 is 4.96. The molecule has 136 valence electrons. The van der Waals surface area contributed by atoms with E-state index in [-0.39, 0.29) is 30.1 Å². The Hall–Kier alpha value is -3.46. The molecule has 0 saturated heterocycles. The van der Waals surface area contributed by atoms with E-state index in [0.717, 1.165) is 0 Å². The fourth-order valence-corrected chi connectivity index (χ4v) is 2.14. The van der Waals surface area contributed by atoms with E-state index in [4.69, 9.17) is 9.84 Å². The minimum atomic E-state index is -0.733. The first-order chi connectivity index (χ1) is 12.5. The number of benzene rings is 2. The molecule has 0 radical (unpaired) electrons. The molecule has 0 bridgehead atoms. The molecular weight excluding hydrogens is 342 g/mol. The predicted octanol–water partition coefficient (Wildman–Crippen LogP) is 1.79. The summed E-state index contributed by atoms with van der Waals surface area (Å²) in [5.74, 6) is -1.43. The molecular formula is C17H17N3O6. The van der Waals surface area contributed by atoms with Crippen LogP contribution in [0.25, 0.3) is 0 Å². The van der Waals surface area contributed by atoms with E-state index < -0.39 is 23.4 Å². The van der Waals surface area contributed by atoms with Crippen LogP contribution in [0.5, 0.6) is 0 Å². The van der Waals surface area contributed by atoms with Gasteiger partial charge in [0, 0.05) is 18.3 Å². The van der Waals surface area contributed by atoms with E-state index in [1.165, 1.54) is 30.3 Å². The lowest BCUT2D eigenvalue weighted by atomic mass is 10.2. The van der Waals surface area contributed by atoms with E-state index in [1.807, 2.05) is 0 Å². The zero-order valence-electron chi connectivity index (χ0n) is 13.7. The normalized spacial score (nSPS) is 10.0. The number of nitrogens with zero attached hydrogens (tertiary/aromatic N) is 1. The first kappa shape index (κ1) is 18.9. The SMILES string of the molecule is O=C(COC(=O)c1ccccc1NCCO)Nc1ccccc1[N+](=O)[O-]. The summed E-state index contributed by atoms with van der Waals surface area (Å²) >= 11 is 0. The van der Waals surface area contributed by atoms with Crippen LogP contribution in [0.1, 0.15) is 10.4 Å². The highest BCUT2D eigenvalue weighted by Gasteiger charge is 2.17. The lowest BCUT2D eigenvalue weighted by Gasteiger charge is -2.11. The van der Waals surface area contributed by atoms with E-state index in [2.05, 4.69) is 10.6 Å². The minimum Gasteiger partial charge on any atom is -0.452 e. The minimum absolute atomic E-state index is 0.0172. The fourth-order valence-electron chi connectivity index (χ4n) is 2.14. The largest absolute Gasteiger partial charge is 0.452 e. The molecule has 9 heteroatoms. The maximum absolute atomic E-state index is 12.1. The molecule has 0 spiro atoms. The number of nitro groups is 1. The van der Waals surface area contributed by atoms with Crippen LogP contribution in [0.4, 0.5) is 17.1 Å². The highest BCUT2D eigenvalue weighted by Crippen LogP contribution is 2.23. The number of carbonyl (C=O) groups excluding carboxylic acids is 2. The van der Waals surface area contributed by atoms with Crippen molar-refractivity contribution in [2.24, 2.45) is 0 Å². The van der Waals surface area contributed by atoms with E-state index in [9.17, 15) is 19.7 Å². The summed E-state index contributed by atoms with van der Waals surface area (Å²) in [5, 5.41) is 25.0. The van der Waals surface area contributed by atoms with Crippen LogP contribution >= 0.6 is 0 Å². The molecule has 0 atom stereocenters. The number of amides is 1. The molecule has 0 aliphatic rings. The lowest BCUT2D eigenvalue weighted by molar-refractivity contribution is -0.383. The number of aliphatic hydroxyl groups excluding tert-OH is 1. The van der Waals surface area contributed by atoms with E-state index in [0.29, 0.717) is 5.69 Å². The van der Waals surface area contributed by atoms with Gasteiger partial charge in [-0.25, -0.2) is 4.79 Å². The van der Waals surface area contributed by atoms with E-state index >= 15 is 0 Å². The van der Waals surface area contributed by atoms with Crippen LogP contribution in [0.15, 0.2) is 48.5 Å². The number of para-hydroxylation sites is 3. The zero-order chi connectivity index (χ0) is 18.9. The van der Waals surface area contributed by atoms with Gasteiger partial charge in [0.05, 0.1) is 17.1 Å². The van der Waals surface area contributed by atoms with Crippen molar-refractivity contribution >= 4 is 28.9 Å². The van der Waals surface area contributed by atoms with Crippen LogP contribution < -0.4 is 10.6 Å². The Kier molecular flexibility index (Phi) is 6.63. The Morgan fingerprint density at radius 3 is 2.42 bits per heavy atom. The van der Waals surface area contributed by atoms with Crippen LogP contribution in [0.2, 0.25) is 0 Å². The van der Waals surface area contributed by atoms with Gasteiger partial charge in [0.15, 0.2) is 6.61 Å². The Bertz CT molecular complexity index is 809. The first-order valence-corrected chi connectivity index (χ1v) is 7.67. The second-order valence-electron chi connectivity index (χ2n) is 5.09. The van der Waals surface area contributed by atoms with Crippen LogP contribution in [0, 0.1) is 10.1 Å². The molecule has 0 unspecified atom stereocenters. The van der Waals surface area contributed by atoms with Gasteiger partial charge in [-0.05, 0) is 18.2 Å². The van der Waals surface area contributed by atoms with Gasteiger partial charge in [-0.15, -0.1) is 0 Å². The molecule has 9 nitrogen and oxygen atoms in total. The quantitative estimate of drug-likeness (QED) is 0.372. The number of anilines is 2. The summed E-state index contributed by atoms with van der Waals surface area (Å²) in [6.07, 6.45) is 0. The van der Waals surface area contributed by atoms with Crippen molar-refractivity contribution in [1.82, 2.24) is 0 Å². The number of carbonyl (C=O) groups is 2. The predicted molar refractivity (Wildman–Crippen MR) is 94.0 cm³/mol. The summed E-state index contributed by atoms with van der Waals surface area (Å²) in [4.78, 5) is 34.4. The number of rotatable bonds is 8. The molecule has 2 rings (SSSR count). The van der Waals surface area contributed by atoms with Crippen LogP contribution in [-0.2, 0) is 9.53 Å². The third-order valence-electron chi connectivity index (χ3n) is 3.28. The Morgan fingerprint density at radius 1 is 1.08 bits per heavy atom. The molecule has 0 saturated carbocycles. The molecule has 2 aromatic rings. The summed E-state index contributed by atoms with van der Waals surface area (Å²) in [6.45, 7) is -0.455. The molecule has 0 aliphatic heterocycles. The third kappa shape index (κ3) is 5.02. The monoisotopic (exact) mass is 359 g/mol.